The summed E-state index contributed by atoms with van der Waals surface area (Å²) in [5, 5.41) is 12.4. The maximum atomic E-state index is 13.2. The number of hydrogen-bond donors (Lipinski definition) is 2. The van der Waals surface area contributed by atoms with Gasteiger partial charge in [0.2, 0.25) is 11.6 Å². The highest BCUT2D eigenvalue weighted by molar-refractivity contribution is 6.43. The van der Waals surface area contributed by atoms with Gasteiger partial charge in [-0.2, -0.15) is 5.21 Å². The number of aromatic amines is 2. The van der Waals surface area contributed by atoms with Gasteiger partial charge in [-0.25, -0.2) is 4.39 Å². The van der Waals surface area contributed by atoms with Crippen LogP contribution in [0.3, 0.4) is 0 Å². The molecule has 0 unspecified atom stereocenters. The number of carbonyl (C=O) groups excluding carboxylic acids is 2. The second-order valence-corrected chi connectivity index (χ2v) is 4.95. The molecule has 3 aromatic rings. The van der Waals surface area contributed by atoms with E-state index in [1.165, 1.54) is 12.1 Å². The maximum absolute atomic E-state index is 13.2. The van der Waals surface area contributed by atoms with Crippen molar-refractivity contribution in [3.05, 3.63) is 65.0 Å². The van der Waals surface area contributed by atoms with Crippen molar-refractivity contribution in [3.63, 3.8) is 0 Å². The fraction of sp³-hybridized carbons (Fsp3) is 0.133. The van der Waals surface area contributed by atoms with Crippen molar-refractivity contribution < 1.29 is 14.0 Å². The van der Waals surface area contributed by atoms with Gasteiger partial charge in [-0.3, -0.25) is 9.59 Å². The van der Waals surface area contributed by atoms with E-state index in [2.05, 4.69) is 25.6 Å². The van der Waals surface area contributed by atoms with Crippen molar-refractivity contribution in [2.24, 2.45) is 0 Å². The summed E-state index contributed by atoms with van der Waals surface area (Å²) < 4.78 is 13.2. The Hall–Kier alpha value is -3.16. The van der Waals surface area contributed by atoms with Crippen molar-refractivity contribution in [3.8, 4) is 0 Å². The second-order valence-electron chi connectivity index (χ2n) is 4.95. The molecule has 23 heavy (non-hydrogen) atoms. The molecule has 2 aromatic heterocycles. The molecule has 0 saturated carbocycles. The lowest BCUT2D eigenvalue weighted by Crippen LogP contribution is -2.18. The average Bonchev–Trinajstić information content (AvgIpc) is 3.19. The normalized spacial score (nSPS) is 10.7. The summed E-state index contributed by atoms with van der Waals surface area (Å²) in [5.41, 5.74) is 2.20. The molecule has 0 aliphatic rings. The third kappa shape index (κ3) is 3.37. The topological polar surface area (TPSA) is 104 Å². The number of hydrogen-bond acceptors (Lipinski definition) is 5. The standard InChI is InChI=1S/C15H12FN5O2/c16-11-3-1-2-9(6-11)7-12-10(4-5-17-12)8-13(22)14(23)15-18-20-21-19-15/h1-6,17H,7-8H2,(H,18,19,20,21). The molecule has 0 aliphatic heterocycles. The Labute approximate surface area is 129 Å². The van der Waals surface area contributed by atoms with Crippen molar-refractivity contribution in [1.29, 1.82) is 0 Å². The number of nitrogens with zero attached hydrogens (tertiary/aromatic N) is 3. The maximum Gasteiger partial charge on any atom is 0.269 e. The molecule has 0 saturated heterocycles. The number of benzene rings is 1. The SMILES string of the molecule is O=C(Cc1cc[nH]c1Cc1cccc(F)c1)C(=O)c1nn[nH]n1. The summed E-state index contributed by atoms with van der Waals surface area (Å²) >= 11 is 0. The zero-order valence-corrected chi connectivity index (χ0v) is 11.9. The summed E-state index contributed by atoms with van der Waals surface area (Å²) in [6.45, 7) is 0. The van der Waals surface area contributed by atoms with Gasteiger partial charge in [-0.1, -0.05) is 12.1 Å². The zero-order valence-electron chi connectivity index (χ0n) is 11.9. The molecule has 0 radical (unpaired) electrons. The van der Waals surface area contributed by atoms with E-state index in [9.17, 15) is 14.0 Å². The first-order valence-electron chi connectivity index (χ1n) is 6.84. The summed E-state index contributed by atoms with van der Waals surface area (Å²) in [5.74, 6) is -2.00. The van der Waals surface area contributed by atoms with Crippen molar-refractivity contribution >= 4 is 11.6 Å². The van der Waals surface area contributed by atoms with Crippen LogP contribution in [0.2, 0.25) is 0 Å². The highest BCUT2D eigenvalue weighted by Crippen LogP contribution is 2.15. The monoisotopic (exact) mass is 313 g/mol. The van der Waals surface area contributed by atoms with Gasteiger partial charge in [0.15, 0.2) is 0 Å². The number of aromatic nitrogens is 5. The smallest absolute Gasteiger partial charge is 0.269 e. The van der Waals surface area contributed by atoms with Crippen LogP contribution >= 0.6 is 0 Å². The number of halogens is 1. The summed E-state index contributed by atoms with van der Waals surface area (Å²) in [4.78, 5) is 26.9. The van der Waals surface area contributed by atoms with Gasteiger partial charge in [-0.15, -0.1) is 10.2 Å². The van der Waals surface area contributed by atoms with Crippen LogP contribution in [0.4, 0.5) is 4.39 Å². The van der Waals surface area contributed by atoms with Crippen LogP contribution in [-0.4, -0.2) is 37.2 Å². The summed E-state index contributed by atoms with van der Waals surface area (Å²) in [6.07, 6.45) is 2.03. The molecule has 0 atom stereocenters. The van der Waals surface area contributed by atoms with Gasteiger partial charge >= 0.3 is 0 Å². The van der Waals surface area contributed by atoms with Gasteiger partial charge in [0, 0.05) is 24.7 Å². The third-order valence-corrected chi connectivity index (χ3v) is 3.35. The van der Waals surface area contributed by atoms with Gasteiger partial charge < -0.3 is 4.98 Å². The number of H-pyrrole nitrogens is 2. The predicted molar refractivity (Wildman–Crippen MR) is 77.2 cm³/mol. The van der Waals surface area contributed by atoms with Crippen LogP contribution in [0.1, 0.15) is 27.4 Å². The largest absolute Gasteiger partial charge is 0.364 e. The highest BCUT2D eigenvalue weighted by Gasteiger charge is 2.22. The van der Waals surface area contributed by atoms with E-state index in [0.29, 0.717) is 12.0 Å². The number of ketones is 2. The molecular weight excluding hydrogens is 301 g/mol. The van der Waals surface area contributed by atoms with Crippen molar-refractivity contribution in [2.75, 3.05) is 0 Å². The molecule has 8 heteroatoms. The Bertz CT molecular complexity index is 841. The van der Waals surface area contributed by atoms with E-state index in [4.69, 9.17) is 0 Å². The Morgan fingerprint density at radius 2 is 2.09 bits per heavy atom. The van der Waals surface area contributed by atoms with Crippen molar-refractivity contribution in [1.82, 2.24) is 25.6 Å². The Morgan fingerprint density at radius 3 is 2.83 bits per heavy atom. The quantitative estimate of drug-likeness (QED) is 0.526. The van der Waals surface area contributed by atoms with Crippen molar-refractivity contribution in [2.45, 2.75) is 12.8 Å². The third-order valence-electron chi connectivity index (χ3n) is 3.35. The van der Waals surface area contributed by atoms with E-state index in [-0.39, 0.29) is 18.1 Å². The molecule has 2 N–H and O–H groups in total. The highest BCUT2D eigenvalue weighted by atomic mass is 19.1. The van der Waals surface area contributed by atoms with E-state index in [0.717, 1.165) is 11.3 Å². The van der Waals surface area contributed by atoms with E-state index in [1.54, 1.807) is 24.4 Å². The number of rotatable bonds is 6. The van der Waals surface area contributed by atoms with Gasteiger partial charge in [0.05, 0.1) is 0 Å². The second kappa shape index (κ2) is 6.30. The van der Waals surface area contributed by atoms with Gasteiger partial charge in [0.1, 0.15) is 5.82 Å². The Morgan fingerprint density at radius 1 is 1.22 bits per heavy atom. The van der Waals surface area contributed by atoms with E-state index in [1.807, 2.05) is 0 Å². The lowest BCUT2D eigenvalue weighted by atomic mass is 10.0. The molecular formula is C15H12FN5O2. The molecule has 116 valence electrons. The fourth-order valence-electron chi connectivity index (χ4n) is 2.25. The number of Topliss-reactive ketones (excluding diaryl/α,β-unsaturated/α-hetero) is 2. The number of nitrogens with one attached hydrogen (secondary N) is 2. The van der Waals surface area contributed by atoms with Crippen LogP contribution in [0.15, 0.2) is 36.5 Å². The number of carbonyl (C=O) groups is 2. The molecule has 3 rings (SSSR count). The van der Waals surface area contributed by atoms with E-state index >= 15 is 0 Å². The molecule has 0 fully saturated rings. The molecule has 1 aromatic carbocycles. The van der Waals surface area contributed by atoms with E-state index < -0.39 is 11.6 Å². The fourth-order valence-corrected chi connectivity index (χ4v) is 2.25. The van der Waals surface area contributed by atoms with Crippen LogP contribution in [0.25, 0.3) is 0 Å². The Kier molecular flexibility index (Phi) is 4.05. The van der Waals surface area contributed by atoms with Crippen LogP contribution in [0, 0.1) is 5.82 Å². The lowest BCUT2D eigenvalue weighted by molar-refractivity contribution is -0.114. The minimum absolute atomic E-state index is 0.0818. The summed E-state index contributed by atoms with van der Waals surface area (Å²) in [7, 11) is 0. The first-order chi connectivity index (χ1) is 11.1. The first kappa shape index (κ1) is 14.8. The minimum atomic E-state index is -0.795. The van der Waals surface area contributed by atoms with Gasteiger partial charge in [-0.05, 0) is 34.5 Å². The molecule has 0 aliphatic carbocycles. The van der Waals surface area contributed by atoms with Crippen LogP contribution in [0.5, 0.6) is 0 Å². The average molecular weight is 313 g/mol. The number of tetrazole rings is 1. The Balaban J connectivity index is 1.73. The van der Waals surface area contributed by atoms with Gasteiger partial charge in [0.25, 0.3) is 5.78 Å². The molecule has 0 bridgehead atoms. The first-order valence-corrected chi connectivity index (χ1v) is 6.84. The van der Waals surface area contributed by atoms with Crippen LogP contribution in [-0.2, 0) is 17.6 Å². The minimum Gasteiger partial charge on any atom is -0.364 e. The zero-order chi connectivity index (χ0) is 16.2. The molecule has 0 amide bonds. The molecule has 7 nitrogen and oxygen atoms in total. The summed E-state index contributed by atoms with van der Waals surface area (Å²) in [6, 6.07) is 7.93. The molecule has 2 heterocycles. The van der Waals surface area contributed by atoms with Crippen LogP contribution < -0.4 is 0 Å². The molecule has 0 spiro atoms. The predicted octanol–water partition coefficient (Wildman–Crippen LogP) is 1.25. The lowest BCUT2D eigenvalue weighted by Gasteiger charge is -2.04.